The van der Waals surface area contributed by atoms with Crippen LogP contribution in [-0.2, 0) is 4.79 Å². The van der Waals surface area contributed by atoms with E-state index in [0.29, 0.717) is 6.42 Å². The standard InChI is InChI=1S/C15H26N2O/c1-17(14-6-3-2-4-7-14)11-5-10-16-13-8-9-15(18)12-13/h12,14,16H,2-11H2,1H3. The van der Waals surface area contributed by atoms with Gasteiger partial charge in [-0.1, -0.05) is 19.3 Å². The first-order valence-electron chi connectivity index (χ1n) is 7.43. The highest BCUT2D eigenvalue weighted by Crippen LogP contribution is 2.21. The molecule has 0 aromatic carbocycles. The van der Waals surface area contributed by atoms with E-state index in [0.717, 1.165) is 24.7 Å². The van der Waals surface area contributed by atoms with E-state index in [1.54, 1.807) is 6.08 Å². The Balaban J connectivity index is 1.57. The SMILES string of the molecule is CN(CCCNC1=CC(=O)CC1)C1CCCCC1. The van der Waals surface area contributed by atoms with Gasteiger partial charge in [0.2, 0.25) is 0 Å². The Bertz CT molecular complexity index is 306. The van der Waals surface area contributed by atoms with Gasteiger partial charge < -0.3 is 10.2 Å². The highest BCUT2D eigenvalue weighted by molar-refractivity contribution is 5.92. The van der Waals surface area contributed by atoms with Crippen molar-refractivity contribution >= 4 is 5.78 Å². The third-order valence-corrected chi connectivity index (χ3v) is 4.21. The lowest BCUT2D eigenvalue weighted by atomic mass is 9.94. The van der Waals surface area contributed by atoms with E-state index >= 15 is 0 Å². The molecule has 0 unspecified atom stereocenters. The van der Waals surface area contributed by atoms with Crippen molar-refractivity contribution in [2.24, 2.45) is 0 Å². The van der Waals surface area contributed by atoms with E-state index in [1.807, 2.05) is 0 Å². The molecule has 0 saturated heterocycles. The predicted molar refractivity (Wildman–Crippen MR) is 74.4 cm³/mol. The van der Waals surface area contributed by atoms with Crippen molar-refractivity contribution in [3.63, 3.8) is 0 Å². The second-order valence-corrected chi connectivity index (χ2v) is 5.69. The lowest BCUT2D eigenvalue weighted by Gasteiger charge is -2.31. The zero-order valence-corrected chi connectivity index (χ0v) is 11.6. The number of carbonyl (C=O) groups excluding carboxylic acids is 1. The van der Waals surface area contributed by atoms with Gasteiger partial charge in [0.1, 0.15) is 0 Å². The molecule has 0 aromatic rings. The summed E-state index contributed by atoms with van der Waals surface area (Å²) in [5.41, 5.74) is 1.14. The van der Waals surface area contributed by atoms with Crippen LogP contribution in [0, 0.1) is 0 Å². The van der Waals surface area contributed by atoms with Gasteiger partial charge in [-0.25, -0.2) is 0 Å². The summed E-state index contributed by atoms with van der Waals surface area (Å²) >= 11 is 0. The summed E-state index contributed by atoms with van der Waals surface area (Å²) in [6, 6.07) is 0.811. The van der Waals surface area contributed by atoms with Crippen LogP contribution in [0.3, 0.4) is 0 Å². The lowest BCUT2D eigenvalue weighted by molar-refractivity contribution is -0.114. The number of hydrogen-bond donors (Lipinski definition) is 1. The topological polar surface area (TPSA) is 32.3 Å². The normalized spacial score (nSPS) is 21.4. The molecule has 0 aliphatic heterocycles. The van der Waals surface area contributed by atoms with E-state index < -0.39 is 0 Å². The zero-order valence-electron chi connectivity index (χ0n) is 11.6. The monoisotopic (exact) mass is 250 g/mol. The Kier molecular flexibility index (Phi) is 5.24. The lowest BCUT2D eigenvalue weighted by Crippen LogP contribution is -2.35. The van der Waals surface area contributed by atoms with Gasteiger partial charge in [-0.15, -0.1) is 0 Å². The van der Waals surface area contributed by atoms with E-state index in [1.165, 1.54) is 45.1 Å². The number of nitrogens with one attached hydrogen (secondary N) is 1. The quantitative estimate of drug-likeness (QED) is 0.735. The minimum Gasteiger partial charge on any atom is -0.388 e. The van der Waals surface area contributed by atoms with Crippen LogP contribution in [0.4, 0.5) is 0 Å². The maximum Gasteiger partial charge on any atom is 0.157 e. The number of nitrogens with zero attached hydrogens (tertiary/aromatic N) is 1. The van der Waals surface area contributed by atoms with Crippen LogP contribution >= 0.6 is 0 Å². The van der Waals surface area contributed by atoms with Crippen molar-refractivity contribution in [1.29, 1.82) is 0 Å². The van der Waals surface area contributed by atoms with Crippen molar-refractivity contribution in [1.82, 2.24) is 10.2 Å². The summed E-state index contributed by atoms with van der Waals surface area (Å²) in [5.74, 6) is 0.275. The molecule has 2 rings (SSSR count). The van der Waals surface area contributed by atoms with Gasteiger partial charge in [0.05, 0.1) is 0 Å². The summed E-state index contributed by atoms with van der Waals surface area (Å²) in [5, 5.41) is 3.38. The van der Waals surface area contributed by atoms with Gasteiger partial charge in [-0.2, -0.15) is 0 Å². The average molecular weight is 250 g/mol. The minimum atomic E-state index is 0.275. The smallest absolute Gasteiger partial charge is 0.157 e. The molecule has 3 nitrogen and oxygen atoms in total. The third-order valence-electron chi connectivity index (χ3n) is 4.21. The summed E-state index contributed by atoms with van der Waals surface area (Å²) in [6.07, 6.45) is 11.5. The predicted octanol–water partition coefficient (Wildman–Crippen LogP) is 2.48. The van der Waals surface area contributed by atoms with Crippen LogP contribution in [0.2, 0.25) is 0 Å². The Labute approximate surface area is 111 Å². The highest BCUT2D eigenvalue weighted by atomic mass is 16.1. The molecule has 1 N–H and O–H groups in total. The van der Waals surface area contributed by atoms with Gasteiger partial charge in [0, 0.05) is 30.8 Å². The Morgan fingerprint density at radius 3 is 2.72 bits per heavy atom. The van der Waals surface area contributed by atoms with Gasteiger partial charge >= 0.3 is 0 Å². The fourth-order valence-electron chi connectivity index (χ4n) is 3.02. The van der Waals surface area contributed by atoms with E-state index in [9.17, 15) is 4.79 Å². The molecule has 3 heteroatoms. The van der Waals surface area contributed by atoms with E-state index in [4.69, 9.17) is 0 Å². The molecule has 0 amide bonds. The molecule has 18 heavy (non-hydrogen) atoms. The summed E-state index contributed by atoms with van der Waals surface area (Å²) in [7, 11) is 2.26. The second kappa shape index (κ2) is 6.93. The molecular weight excluding hydrogens is 224 g/mol. The summed E-state index contributed by atoms with van der Waals surface area (Å²) in [6.45, 7) is 2.16. The first-order valence-corrected chi connectivity index (χ1v) is 7.43. The second-order valence-electron chi connectivity index (χ2n) is 5.69. The average Bonchev–Trinajstić information content (AvgIpc) is 2.81. The fourth-order valence-corrected chi connectivity index (χ4v) is 3.02. The summed E-state index contributed by atoms with van der Waals surface area (Å²) < 4.78 is 0. The number of hydrogen-bond acceptors (Lipinski definition) is 3. The van der Waals surface area contributed by atoms with Crippen molar-refractivity contribution < 1.29 is 4.79 Å². The Morgan fingerprint density at radius 1 is 1.28 bits per heavy atom. The summed E-state index contributed by atoms with van der Waals surface area (Å²) in [4.78, 5) is 13.6. The van der Waals surface area contributed by atoms with Gasteiger partial charge in [-0.3, -0.25) is 4.79 Å². The van der Waals surface area contributed by atoms with Gasteiger partial charge in [-0.05, 0) is 39.3 Å². The van der Waals surface area contributed by atoms with Gasteiger partial charge in [0.25, 0.3) is 0 Å². The molecule has 1 saturated carbocycles. The Hall–Kier alpha value is -0.830. The van der Waals surface area contributed by atoms with Gasteiger partial charge in [0.15, 0.2) is 5.78 Å². The molecule has 0 bridgehead atoms. The van der Waals surface area contributed by atoms with E-state index in [-0.39, 0.29) is 5.78 Å². The first kappa shape index (κ1) is 13.6. The van der Waals surface area contributed by atoms with Crippen LogP contribution in [0.15, 0.2) is 11.8 Å². The van der Waals surface area contributed by atoms with Crippen molar-refractivity contribution in [3.05, 3.63) is 11.8 Å². The third kappa shape index (κ3) is 4.13. The van der Waals surface area contributed by atoms with Crippen LogP contribution in [-0.4, -0.2) is 36.9 Å². The number of carbonyl (C=O) groups is 1. The molecular formula is C15H26N2O. The molecule has 1 fully saturated rings. The number of ketones is 1. The van der Waals surface area contributed by atoms with Crippen molar-refractivity contribution in [2.75, 3.05) is 20.1 Å². The molecule has 0 radical (unpaired) electrons. The van der Waals surface area contributed by atoms with Crippen LogP contribution in [0.1, 0.15) is 51.4 Å². The van der Waals surface area contributed by atoms with Crippen molar-refractivity contribution in [3.8, 4) is 0 Å². The molecule has 0 heterocycles. The molecule has 102 valence electrons. The molecule has 0 spiro atoms. The molecule has 2 aliphatic carbocycles. The molecule has 0 atom stereocenters. The number of allylic oxidation sites excluding steroid dienone is 2. The fraction of sp³-hybridized carbons (Fsp3) is 0.800. The maximum absolute atomic E-state index is 11.1. The van der Waals surface area contributed by atoms with Crippen LogP contribution < -0.4 is 5.32 Å². The largest absolute Gasteiger partial charge is 0.388 e. The highest BCUT2D eigenvalue weighted by Gasteiger charge is 2.17. The van der Waals surface area contributed by atoms with Crippen molar-refractivity contribution in [2.45, 2.75) is 57.4 Å². The minimum absolute atomic E-state index is 0.275. The number of rotatable bonds is 6. The molecule has 0 aromatic heterocycles. The Morgan fingerprint density at radius 2 is 2.06 bits per heavy atom. The first-order chi connectivity index (χ1) is 8.75. The van der Waals surface area contributed by atoms with Crippen LogP contribution in [0.5, 0.6) is 0 Å². The van der Waals surface area contributed by atoms with Crippen LogP contribution in [0.25, 0.3) is 0 Å². The maximum atomic E-state index is 11.1. The zero-order chi connectivity index (χ0) is 12.8. The van der Waals surface area contributed by atoms with E-state index in [2.05, 4.69) is 17.3 Å². The molecule has 2 aliphatic rings.